The summed E-state index contributed by atoms with van der Waals surface area (Å²) in [6.07, 6.45) is 0.953. The summed E-state index contributed by atoms with van der Waals surface area (Å²) in [5.74, 6) is 1.89. The lowest BCUT2D eigenvalue weighted by Gasteiger charge is -2.43. The Morgan fingerprint density at radius 2 is 1.89 bits per heavy atom. The fourth-order valence-corrected chi connectivity index (χ4v) is 5.51. The Morgan fingerprint density at radius 3 is 2.69 bits per heavy atom. The predicted molar refractivity (Wildman–Crippen MR) is 139 cm³/mol. The first-order chi connectivity index (χ1) is 17.6. The second kappa shape index (κ2) is 9.11. The van der Waals surface area contributed by atoms with E-state index in [0.717, 1.165) is 46.0 Å². The molecule has 2 aliphatic rings. The van der Waals surface area contributed by atoms with E-state index in [0.29, 0.717) is 26.2 Å². The molecule has 4 aromatic rings. The topological polar surface area (TPSA) is 88.7 Å². The van der Waals surface area contributed by atoms with Crippen LogP contribution in [0.15, 0.2) is 75.9 Å². The molecule has 0 radical (unpaired) electrons. The van der Waals surface area contributed by atoms with Crippen LogP contribution in [0, 0.1) is 5.92 Å². The van der Waals surface area contributed by atoms with Gasteiger partial charge >= 0.3 is 6.03 Å². The second-order valence-electron chi connectivity index (χ2n) is 9.55. The molecule has 1 fully saturated rings. The fourth-order valence-electron chi connectivity index (χ4n) is 5.51. The van der Waals surface area contributed by atoms with Gasteiger partial charge in [0, 0.05) is 48.4 Å². The lowest BCUT2D eigenvalue weighted by Crippen LogP contribution is -2.50. The number of piperidine rings is 1. The van der Waals surface area contributed by atoms with Crippen LogP contribution < -0.4 is 20.9 Å². The summed E-state index contributed by atoms with van der Waals surface area (Å²) in [6, 6.07) is 20.6. The highest BCUT2D eigenvalue weighted by Gasteiger charge is 2.37. The molecule has 0 spiro atoms. The summed E-state index contributed by atoms with van der Waals surface area (Å²) in [5, 5.41) is 7.55. The number of likely N-dealkylation sites (tertiary alicyclic amines) is 1. The summed E-state index contributed by atoms with van der Waals surface area (Å²) < 4.78 is 13.0. The van der Waals surface area contributed by atoms with Crippen molar-refractivity contribution in [2.45, 2.75) is 25.4 Å². The summed E-state index contributed by atoms with van der Waals surface area (Å²) in [5.41, 5.74) is 3.47. The molecule has 2 N–H and O–H groups in total. The second-order valence-corrected chi connectivity index (χ2v) is 9.55. The largest absolute Gasteiger partial charge is 0.497 e. The molecule has 2 aliphatic heterocycles. The number of urea groups is 1. The molecule has 2 unspecified atom stereocenters. The van der Waals surface area contributed by atoms with Crippen molar-refractivity contribution in [1.29, 1.82) is 0 Å². The molecular formula is C28H28N4O4. The van der Waals surface area contributed by atoms with Gasteiger partial charge in [0.15, 0.2) is 0 Å². The number of ether oxygens (including phenoxy) is 1. The first kappa shape index (κ1) is 22.3. The average Bonchev–Trinajstić information content (AvgIpc) is 3.32. The normalized spacial score (nSPS) is 18.5. The molecule has 0 saturated carbocycles. The number of nitrogens with zero attached hydrogens (tertiary/aromatic N) is 2. The van der Waals surface area contributed by atoms with Gasteiger partial charge < -0.3 is 29.3 Å². The molecule has 4 heterocycles. The zero-order valence-corrected chi connectivity index (χ0v) is 20.1. The van der Waals surface area contributed by atoms with Crippen LogP contribution in [-0.4, -0.2) is 35.7 Å². The Bertz CT molecular complexity index is 1440. The Morgan fingerprint density at radius 1 is 1.06 bits per heavy atom. The maximum atomic E-state index is 13.1. The van der Waals surface area contributed by atoms with Gasteiger partial charge in [-0.2, -0.15) is 0 Å². The number of carbonyl (C=O) groups excluding carboxylic acids is 1. The number of benzene rings is 2. The van der Waals surface area contributed by atoms with Gasteiger partial charge in [0.1, 0.15) is 17.1 Å². The van der Waals surface area contributed by atoms with Gasteiger partial charge in [-0.05, 0) is 54.8 Å². The molecule has 8 heteroatoms. The van der Waals surface area contributed by atoms with Crippen molar-refractivity contribution in [2.24, 2.45) is 5.92 Å². The highest BCUT2D eigenvalue weighted by atomic mass is 16.5. The molecule has 36 heavy (non-hydrogen) atoms. The number of nitrogens with one attached hydrogen (secondary N) is 2. The van der Waals surface area contributed by atoms with Crippen LogP contribution in [-0.2, 0) is 13.1 Å². The standard InChI is InChI=1S/C28H28N4O4/c1-35-22-8-6-21(7-9-22)30-28(34)31-15-18-12-20(17-31)27-24(10-11-26(33)32(27)16-18)29-14-23-13-19-4-2-3-5-25(19)36-23/h2-11,13,18,20,29H,12,14-17H2,1H3,(H,30,34). The van der Waals surface area contributed by atoms with Gasteiger partial charge in [0.2, 0.25) is 0 Å². The first-order valence-corrected chi connectivity index (χ1v) is 12.2. The van der Waals surface area contributed by atoms with E-state index in [1.165, 1.54) is 0 Å². The number of hydrogen-bond acceptors (Lipinski definition) is 5. The highest BCUT2D eigenvalue weighted by molar-refractivity contribution is 5.89. The number of para-hydroxylation sites is 1. The molecule has 184 valence electrons. The number of pyridine rings is 1. The predicted octanol–water partition coefficient (Wildman–Crippen LogP) is 4.87. The molecule has 6 rings (SSSR count). The van der Waals surface area contributed by atoms with E-state index < -0.39 is 0 Å². The van der Waals surface area contributed by atoms with Crippen molar-refractivity contribution in [1.82, 2.24) is 9.47 Å². The van der Waals surface area contributed by atoms with E-state index in [4.69, 9.17) is 9.15 Å². The number of aromatic nitrogens is 1. The van der Waals surface area contributed by atoms with Crippen molar-refractivity contribution >= 4 is 28.4 Å². The van der Waals surface area contributed by atoms with E-state index in [-0.39, 0.29) is 23.4 Å². The van der Waals surface area contributed by atoms with Crippen LogP contribution in [0.2, 0.25) is 0 Å². The number of anilines is 2. The van der Waals surface area contributed by atoms with Gasteiger partial charge in [0.25, 0.3) is 5.56 Å². The average molecular weight is 485 g/mol. The van der Waals surface area contributed by atoms with Crippen molar-refractivity contribution in [2.75, 3.05) is 30.8 Å². The monoisotopic (exact) mass is 484 g/mol. The lowest BCUT2D eigenvalue weighted by atomic mass is 9.82. The SMILES string of the molecule is COc1ccc(NC(=O)N2CC3CC(C2)c2c(NCc4cc5ccccc5o4)ccc(=O)n2C3)cc1. The van der Waals surface area contributed by atoms with E-state index in [1.807, 2.05) is 70.1 Å². The molecule has 1 saturated heterocycles. The Hall–Kier alpha value is -4.20. The fraction of sp³-hybridized carbons (Fsp3) is 0.286. The molecule has 2 bridgehead atoms. The third-order valence-electron chi connectivity index (χ3n) is 7.15. The molecule has 0 aliphatic carbocycles. The minimum absolute atomic E-state index is 0.00474. The van der Waals surface area contributed by atoms with Crippen LogP contribution in [0.1, 0.15) is 23.8 Å². The van der Waals surface area contributed by atoms with E-state index in [2.05, 4.69) is 10.6 Å². The third-order valence-corrected chi connectivity index (χ3v) is 7.15. The Kier molecular flexibility index (Phi) is 5.64. The van der Waals surface area contributed by atoms with Crippen molar-refractivity contribution in [3.05, 3.63) is 88.5 Å². The number of fused-ring (bicyclic) bond motifs is 5. The molecule has 2 atom stereocenters. The number of rotatable bonds is 5. The zero-order chi connectivity index (χ0) is 24.6. The number of methoxy groups -OCH3 is 1. The zero-order valence-electron chi connectivity index (χ0n) is 20.1. The summed E-state index contributed by atoms with van der Waals surface area (Å²) in [4.78, 5) is 27.7. The van der Waals surface area contributed by atoms with Crippen molar-refractivity contribution < 1.29 is 13.9 Å². The molecule has 2 aromatic heterocycles. The maximum absolute atomic E-state index is 13.1. The van der Waals surface area contributed by atoms with E-state index >= 15 is 0 Å². The minimum atomic E-state index is -0.127. The highest BCUT2D eigenvalue weighted by Crippen LogP contribution is 2.39. The quantitative estimate of drug-likeness (QED) is 0.422. The van der Waals surface area contributed by atoms with Gasteiger partial charge in [0.05, 0.1) is 19.3 Å². The molecule has 2 amide bonds. The van der Waals surface area contributed by atoms with Crippen molar-refractivity contribution in [3.63, 3.8) is 0 Å². The Labute approximate surface area is 208 Å². The number of amides is 2. The molecular weight excluding hydrogens is 456 g/mol. The summed E-state index contributed by atoms with van der Waals surface area (Å²) in [7, 11) is 1.61. The van der Waals surface area contributed by atoms with Crippen LogP contribution in [0.5, 0.6) is 5.75 Å². The van der Waals surface area contributed by atoms with Crippen LogP contribution in [0.4, 0.5) is 16.2 Å². The smallest absolute Gasteiger partial charge is 0.321 e. The van der Waals surface area contributed by atoms with E-state index in [9.17, 15) is 9.59 Å². The van der Waals surface area contributed by atoms with Crippen LogP contribution in [0.3, 0.4) is 0 Å². The van der Waals surface area contributed by atoms with Gasteiger partial charge in [-0.3, -0.25) is 4.79 Å². The third kappa shape index (κ3) is 4.19. The molecule has 2 aromatic carbocycles. The number of carbonyl (C=O) groups is 1. The van der Waals surface area contributed by atoms with Gasteiger partial charge in [-0.15, -0.1) is 0 Å². The van der Waals surface area contributed by atoms with Crippen LogP contribution >= 0.6 is 0 Å². The van der Waals surface area contributed by atoms with E-state index in [1.54, 1.807) is 13.2 Å². The number of hydrogen-bond donors (Lipinski definition) is 2. The van der Waals surface area contributed by atoms with Gasteiger partial charge in [-0.1, -0.05) is 18.2 Å². The lowest BCUT2D eigenvalue weighted by molar-refractivity contribution is 0.140. The number of furan rings is 1. The first-order valence-electron chi connectivity index (χ1n) is 12.2. The van der Waals surface area contributed by atoms with Gasteiger partial charge in [-0.25, -0.2) is 4.79 Å². The van der Waals surface area contributed by atoms with Crippen molar-refractivity contribution in [3.8, 4) is 5.75 Å². The minimum Gasteiger partial charge on any atom is -0.497 e. The van der Waals surface area contributed by atoms with Crippen LogP contribution in [0.25, 0.3) is 11.0 Å². The maximum Gasteiger partial charge on any atom is 0.321 e. The Balaban J connectivity index is 1.21. The molecule has 8 nitrogen and oxygen atoms in total. The summed E-state index contributed by atoms with van der Waals surface area (Å²) in [6.45, 7) is 2.30. The summed E-state index contributed by atoms with van der Waals surface area (Å²) >= 11 is 0.